The van der Waals surface area contributed by atoms with E-state index < -0.39 is 15.0 Å². The van der Waals surface area contributed by atoms with E-state index >= 15 is 0 Å². The van der Waals surface area contributed by atoms with Gasteiger partial charge in [0.15, 0.2) is 0 Å². The Morgan fingerprint density at radius 3 is 2.41 bits per heavy atom. The predicted molar refractivity (Wildman–Crippen MR) is 120 cm³/mol. The maximum atomic E-state index is 12.4. The minimum Gasteiger partial charge on any atom is -0.379 e. The first-order valence-corrected chi connectivity index (χ1v) is 11.3. The molecule has 0 fully saturated rings. The number of carbonyl (C=O) groups excluding carboxylic acids is 1. The number of nitro groups is 1. The van der Waals surface area contributed by atoms with Gasteiger partial charge < -0.3 is 9.50 Å². The van der Waals surface area contributed by atoms with Crippen LogP contribution in [0, 0.1) is 10.1 Å². The Balaban J connectivity index is 1.61. The van der Waals surface area contributed by atoms with Crippen LogP contribution in [0.3, 0.4) is 0 Å². The molecule has 1 N–H and O–H groups in total. The van der Waals surface area contributed by atoms with E-state index in [9.17, 15) is 23.3 Å². The van der Waals surface area contributed by atoms with E-state index in [1.807, 2.05) is 0 Å². The summed E-state index contributed by atoms with van der Waals surface area (Å²) in [5.41, 5.74) is 0.764. The summed E-state index contributed by atoms with van der Waals surface area (Å²) in [7, 11) is -4.28. The SMILES string of the molecule is O=C(NCCc1ccc(Cl)cc1Cl)c1ccc(OS(=O)(=O)c2cccc([N+](=O)[O-])c2)cc1. The van der Waals surface area contributed by atoms with Crippen molar-refractivity contribution in [3.05, 3.63) is 98.0 Å². The molecule has 0 unspecified atom stereocenters. The number of benzene rings is 3. The number of carbonyl (C=O) groups is 1. The average Bonchev–Trinajstić information content (AvgIpc) is 2.75. The molecule has 0 saturated carbocycles. The van der Waals surface area contributed by atoms with Crippen LogP contribution in [-0.4, -0.2) is 25.8 Å². The Bertz CT molecular complexity index is 1260. The van der Waals surface area contributed by atoms with E-state index in [1.165, 1.54) is 42.5 Å². The Kier molecular flexibility index (Phi) is 7.34. The third-order valence-corrected chi connectivity index (χ3v) is 6.16. The van der Waals surface area contributed by atoms with Gasteiger partial charge >= 0.3 is 10.1 Å². The molecule has 32 heavy (non-hydrogen) atoms. The van der Waals surface area contributed by atoms with Crippen molar-refractivity contribution >= 4 is 44.9 Å². The lowest BCUT2D eigenvalue weighted by Crippen LogP contribution is -2.25. The Labute approximate surface area is 194 Å². The first-order chi connectivity index (χ1) is 15.2. The molecule has 8 nitrogen and oxygen atoms in total. The Hall–Kier alpha value is -3.14. The fraction of sp³-hybridized carbons (Fsp3) is 0.0952. The van der Waals surface area contributed by atoms with Crippen LogP contribution < -0.4 is 9.50 Å². The molecule has 0 spiro atoms. The van der Waals surface area contributed by atoms with E-state index in [1.54, 1.807) is 18.2 Å². The standard InChI is InChI=1S/C21H16Cl2N2O6S/c22-16-7-4-14(20(23)12-16)10-11-24-21(26)15-5-8-18(9-6-15)31-32(29,30)19-3-1-2-17(13-19)25(27)28/h1-9,12-13H,10-11H2,(H,24,26). The molecule has 0 aliphatic heterocycles. The normalized spacial score (nSPS) is 11.1. The number of non-ortho nitro benzene ring substituents is 1. The van der Waals surface area contributed by atoms with Crippen LogP contribution in [0.4, 0.5) is 5.69 Å². The van der Waals surface area contributed by atoms with Crippen molar-refractivity contribution in [2.75, 3.05) is 6.54 Å². The molecule has 0 saturated heterocycles. The van der Waals surface area contributed by atoms with Gasteiger partial charge in [-0.3, -0.25) is 14.9 Å². The smallest absolute Gasteiger partial charge is 0.339 e. The van der Waals surface area contributed by atoms with Gasteiger partial charge in [-0.15, -0.1) is 0 Å². The van der Waals surface area contributed by atoms with Gasteiger partial charge in [-0.2, -0.15) is 8.42 Å². The van der Waals surface area contributed by atoms with Gasteiger partial charge in [-0.05, 0) is 54.4 Å². The van der Waals surface area contributed by atoms with Gasteiger partial charge in [-0.25, -0.2) is 0 Å². The quantitative estimate of drug-likeness (QED) is 0.277. The average molecular weight is 495 g/mol. The van der Waals surface area contributed by atoms with Gasteiger partial charge in [0.1, 0.15) is 10.6 Å². The molecule has 11 heteroatoms. The monoisotopic (exact) mass is 494 g/mol. The first kappa shape index (κ1) is 23.5. The minimum absolute atomic E-state index is 0.0407. The van der Waals surface area contributed by atoms with Gasteiger partial charge in [0, 0.05) is 34.3 Å². The van der Waals surface area contributed by atoms with Crippen molar-refractivity contribution in [3.8, 4) is 5.75 Å². The molecule has 1 amide bonds. The Morgan fingerprint density at radius 1 is 1.03 bits per heavy atom. The van der Waals surface area contributed by atoms with Crippen LogP contribution >= 0.6 is 23.2 Å². The molecule has 0 bridgehead atoms. The topological polar surface area (TPSA) is 116 Å². The molecule has 166 valence electrons. The van der Waals surface area contributed by atoms with Crippen LogP contribution in [0.15, 0.2) is 71.6 Å². The molecule has 3 rings (SSSR count). The second kappa shape index (κ2) is 9.99. The lowest BCUT2D eigenvalue weighted by molar-refractivity contribution is -0.385. The number of nitro benzene ring substituents is 1. The van der Waals surface area contributed by atoms with Gasteiger partial charge in [0.2, 0.25) is 0 Å². The van der Waals surface area contributed by atoms with Gasteiger partial charge in [0.25, 0.3) is 11.6 Å². The number of rotatable bonds is 8. The lowest BCUT2D eigenvalue weighted by atomic mass is 10.1. The Morgan fingerprint density at radius 2 is 1.75 bits per heavy atom. The minimum atomic E-state index is -4.28. The van der Waals surface area contributed by atoms with Crippen molar-refractivity contribution in [1.82, 2.24) is 5.32 Å². The lowest BCUT2D eigenvalue weighted by Gasteiger charge is -2.09. The number of nitrogens with one attached hydrogen (secondary N) is 1. The van der Waals surface area contributed by atoms with Crippen molar-refractivity contribution < 1.29 is 22.3 Å². The zero-order valence-electron chi connectivity index (χ0n) is 16.3. The maximum Gasteiger partial charge on any atom is 0.339 e. The summed E-state index contributed by atoms with van der Waals surface area (Å²) in [5.74, 6) is -0.399. The summed E-state index contributed by atoms with van der Waals surface area (Å²) in [4.78, 5) is 22.1. The summed E-state index contributed by atoms with van der Waals surface area (Å²) >= 11 is 12.0. The van der Waals surface area contributed by atoms with Gasteiger partial charge in [-0.1, -0.05) is 35.3 Å². The highest BCUT2D eigenvalue weighted by Crippen LogP contribution is 2.23. The van der Waals surface area contributed by atoms with Crippen molar-refractivity contribution in [1.29, 1.82) is 0 Å². The van der Waals surface area contributed by atoms with Crippen molar-refractivity contribution in [2.45, 2.75) is 11.3 Å². The third kappa shape index (κ3) is 5.97. The fourth-order valence-electron chi connectivity index (χ4n) is 2.73. The van der Waals surface area contributed by atoms with Crippen molar-refractivity contribution in [2.24, 2.45) is 0 Å². The number of nitrogens with zero attached hydrogens (tertiary/aromatic N) is 1. The van der Waals surface area contributed by atoms with E-state index in [0.29, 0.717) is 28.6 Å². The van der Waals surface area contributed by atoms with E-state index in [0.717, 1.165) is 11.6 Å². The molecular formula is C21H16Cl2N2O6S. The molecule has 0 heterocycles. The summed E-state index contributed by atoms with van der Waals surface area (Å²) in [6.45, 7) is 0.333. The highest BCUT2D eigenvalue weighted by Gasteiger charge is 2.20. The second-order valence-electron chi connectivity index (χ2n) is 6.56. The van der Waals surface area contributed by atoms with Crippen molar-refractivity contribution in [3.63, 3.8) is 0 Å². The summed E-state index contributed by atoms with van der Waals surface area (Å²) < 4.78 is 29.8. The largest absolute Gasteiger partial charge is 0.379 e. The fourth-order valence-corrected chi connectivity index (χ4v) is 4.20. The number of halogens is 2. The number of hydrogen-bond donors (Lipinski definition) is 1. The summed E-state index contributed by atoms with van der Waals surface area (Å²) in [5, 5.41) is 14.6. The van der Waals surface area contributed by atoms with Crippen LogP contribution in [-0.2, 0) is 16.5 Å². The van der Waals surface area contributed by atoms with E-state index in [4.69, 9.17) is 27.4 Å². The molecule has 0 aliphatic rings. The second-order valence-corrected chi connectivity index (χ2v) is 8.95. The number of hydrogen-bond acceptors (Lipinski definition) is 6. The zero-order valence-corrected chi connectivity index (χ0v) is 18.7. The van der Waals surface area contributed by atoms with E-state index in [2.05, 4.69) is 5.32 Å². The zero-order chi connectivity index (χ0) is 23.3. The third-order valence-electron chi connectivity index (χ3n) is 4.33. The maximum absolute atomic E-state index is 12.4. The molecule has 0 radical (unpaired) electrons. The van der Waals surface area contributed by atoms with E-state index in [-0.39, 0.29) is 22.2 Å². The van der Waals surface area contributed by atoms with Crippen LogP contribution in [0.5, 0.6) is 5.75 Å². The van der Waals surface area contributed by atoms with Gasteiger partial charge in [0.05, 0.1) is 4.92 Å². The molecule has 0 atom stereocenters. The first-order valence-electron chi connectivity index (χ1n) is 9.17. The molecule has 3 aromatic rings. The summed E-state index contributed by atoms with van der Waals surface area (Å²) in [6.07, 6.45) is 0.504. The van der Waals surface area contributed by atoms with Crippen LogP contribution in [0.1, 0.15) is 15.9 Å². The molecule has 0 aliphatic carbocycles. The molecule has 0 aromatic heterocycles. The highest BCUT2D eigenvalue weighted by molar-refractivity contribution is 7.87. The summed E-state index contributed by atoms with van der Waals surface area (Å²) in [6, 6.07) is 15.1. The molecular weight excluding hydrogens is 479 g/mol. The number of amides is 1. The molecule has 3 aromatic carbocycles. The van der Waals surface area contributed by atoms with Crippen LogP contribution in [0.2, 0.25) is 10.0 Å². The van der Waals surface area contributed by atoms with Crippen LogP contribution in [0.25, 0.3) is 0 Å². The highest BCUT2D eigenvalue weighted by atomic mass is 35.5. The predicted octanol–water partition coefficient (Wildman–Crippen LogP) is 4.64.